The van der Waals surface area contributed by atoms with Crippen molar-refractivity contribution in [3.8, 4) is 5.75 Å². The summed E-state index contributed by atoms with van der Waals surface area (Å²) in [4.78, 5) is 34.8. The molecular weight excluding hydrogens is 312 g/mol. The number of primary amides is 1. The van der Waals surface area contributed by atoms with Crippen LogP contribution in [0, 0.1) is 5.92 Å². The first kappa shape index (κ1) is 19.5. The quantitative estimate of drug-likeness (QED) is 0.559. The van der Waals surface area contributed by atoms with E-state index in [1.54, 1.807) is 38.1 Å². The molecule has 0 aliphatic carbocycles. The Kier molecular flexibility index (Phi) is 7.74. The summed E-state index contributed by atoms with van der Waals surface area (Å²) in [6, 6.07) is 5.47. The molecule has 0 aromatic heterocycles. The van der Waals surface area contributed by atoms with Crippen LogP contribution in [-0.4, -0.2) is 30.6 Å². The number of nitrogens with one attached hydrogen (secondary N) is 1. The van der Waals surface area contributed by atoms with Crippen molar-refractivity contribution >= 4 is 17.9 Å². The van der Waals surface area contributed by atoms with Crippen molar-refractivity contribution in [2.75, 3.05) is 6.61 Å². The number of ether oxygens (including phenoxy) is 2. The number of urea groups is 1. The van der Waals surface area contributed by atoms with Crippen molar-refractivity contribution in [1.29, 1.82) is 0 Å². The highest BCUT2D eigenvalue weighted by Gasteiger charge is 2.27. The molecule has 1 atom stereocenters. The van der Waals surface area contributed by atoms with E-state index in [1.807, 2.05) is 5.32 Å². The SMILES string of the molecule is CCCCOc1ccc(C(=O)O[C@H](C(=O)NC(N)=O)C(C)C)cc1. The van der Waals surface area contributed by atoms with Gasteiger partial charge in [-0.05, 0) is 36.6 Å². The zero-order valence-electron chi connectivity index (χ0n) is 14.2. The van der Waals surface area contributed by atoms with Crippen LogP contribution in [-0.2, 0) is 9.53 Å². The molecule has 3 amide bonds. The maximum Gasteiger partial charge on any atom is 0.338 e. The smallest absolute Gasteiger partial charge is 0.338 e. The first-order valence-corrected chi connectivity index (χ1v) is 7.89. The predicted molar refractivity (Wildman–Crippen MR) is 88.6 cm³/mol. The Balaban J connectivity index is 2.70. The molecule has 0 aliphatic heterocycles. The summed E-state index contributed by atoms with van der Waals surface area (Å²) < 4.78 is 10.7. The average Bonchev–Trinajstić information content (AvgIpc) is 2.52. The van der Waals surface area contributed by atoms with Crippen molar-refractivity contribution in [2.24, 2.45) is 11.7 Å². The normalized spacial score (nSPS) is 11.7. The second-order valence-electron chi connectivity index (χ2n) is 5.65. The Bertz CT molecular complexity index is 569. The average molecular weight is 336 g/mol. The fourth-order valence-corrected chi connectivity index (χ4v) is 1.89. The fourth-order valence-electron chi connectivity index (χ4n) is 1.89. The third-order valence-electron chi connectivity index (χ3n) is 3.20. The standard InChI is InChI=1S/C17H24N2O5/c1-4-5-10-23-13-8-6-12(7-9-13)16(21)24-14(11(2)3)15(20)19-17(18)22/h6-9,11,14H,4-5,10H2,1-3H3,(H3,18,19,20,22)/t14-/m0/s1. The van der Waals surface area contributed by atoms with Crippen LogP contribution in [0.3, 0.4) is 0 Å². The Morgan fingerprint density at radius 1 is 1.17 bits per heavy atom. The third-order valence-corrected chi connectivity index (χ3v) is 3.20. The van der Waals surface area contributed by atoms with Crippen LogP contribution in [0.25, 0.3) is 0 Å². The summed E-state index contributed by atoms with van der Waals surface area (Å²) >= 11 is 0. The van der Waals surface area contributed by atoms with Gasteiger partial charge in [0.15, 0.2) is 6.10 Å². The van der Waals surface area contributed by atoms with Gasteiger partial charge in [-0.3, -0.25) is 10.1 Å². The summed E-state index contributed by atoms with van der Waals surface area (Å²) in [6.45, 7) is 6.08. The van der Waals surface area contributed by atoms with Crippen LogP contribution >= 0.6 is 0 Å². The monoisotopic (exact) mass is 336 g/mol. The molecular formula is C17H24N2O5. The number of esters is 1. The maximum absolute atomic E-state index is 12.2. The van der Waals surface area contributed by atoms with E-state index in [2.05, 4.69) is 6.92 Å². The van der Waals surface area contributed by atoms with E-state index in [-0.39, 0.29) is 11.5 Å². The molecule has 3 N–H and O–H groups in total. The summed E-state index contributed by atoms with van der Waals surface area (Å²) in [5.41, 5.74) is 5.20. The van der Waals surface area contributed by atoms with E-state index >= 15 is 0 Å². The molecule has 0 fully saturated rings. The van der Waals surface area contributed by atoms with Gasteiger partial charge in [0.25, 0.3) is 5.91 Å². The van der Waals surface area contributed by atoms with Gasteiger partial charge in [-0.15, -0.1) is 0 Å². The van der Waals surface area contributed by atoms with Crippen LogP contribution in [0.4, 0.5) is 4.79 Å². The van der Waals surface area contributed by atoms with E-state index in [9.17, 15) is 14.4 Å². The Hall–Kier alpha value is -2.57. The zero-order valence-corrected chi connectivity index (χ0v) is 14.2. The highest BCUT2D eigenvalue weighted by atomic mass is 16.5. The molecule has 7 heteroatoms. The van der Waals surface area contributed by atoms with Crippen molar-refractivity contribution < 1.29 is 23.9 Å². The number of hydrogen-bond acceptors (Lipinski definition) is 5. The lowest BCUT2D eigenvalue weighted by atomic mass is 10.1. The van der Waals surface area contributed by atoms with Crippen LogP contribution in [0.15, 0.2) is 24.3 Å². The van der Waals surface area contributed by atoms with E-state index in [0.717, 1.165) is 12.8 Å². The molecule has 0 spiro atoms. The van der Waals surface area contributed by atoms with Gasteiger partial charge < -0.3 is 15.2 Å². The van der Waals surface area contributed by atoms with Gasteiger partial charge in [0.1, 0.15) is 5.75 Å². The number of nitrogens with two attached hydrogens (primary N) is 1. The third kappa shape index (κ3) is 6.28. The summed E-state index contributed by atoms with van der Waals surface area (Å²) in [6.07, 6.45) is 0.883. The predicted octanol–water partition coefficient (Wildman–Crippen LogP) is 2.24. The molecule has 1 rings (SSSR count). The minimum Gasteiger partial charge on any atom is -0.494 e. The van der Waals surface area contributed by atoms with Gasteiger partial charge in [0.2, 0.25) is 0 Å². The van der Waals surface area contributed by atoms with Crippen LogP contribution < -0.4 is 15.8 Å². The lowest BCUT2D eigenvalue weighted by Gasteiger charge is -2.19. The number of carbonyl (C=O) groups is 3. The molecule has 0 saturated carbocycles. The van der Waals surface area contributed by atoms with E-state index in [4.69, 9.17) is 15.2 Å². The van der Waals surface area contributed by atoms with Gasteiger partial charge in [-0.1, -0.05) is 27.2 Å². The van der Waals surface area contributed by atoms with Crippen molar-refractivity contribution in [3.63, 3.8) is 0 Å². The summed E-state index contributed by atoms with van der Waals surface area (Å²) in [5, 5.41) is 1.92. The molecule has 7 nitrogen and oxygen atoms in total. The minimum atomic E-state index is -1.11. The second kappa shape index (κ2) is 9.54. The number of carbonyl (C=O) groups excluding carboxylic acids is 3. The van der Waals surface area contributed by atoms with Gasteiger partial charge in [0, 0.05) is 0 Å². The van der Waals surface area contributed by atoms with Crippen molar-refractivity contribution in [3.05, 3.63) is 29.8 Å². The van der Waals surface area contributed by atoms with E-state index < -0.39 is 24.0 Å². The van der Waals surface area contributed by atoms with Gasteiger partial charge >= 0.3 is 12.0 Å². The molecule has 1 aromatic rings. The molecule has 1 aromatic carbocycles. The van der Waals surface area contributed by atoms with Gasteiger partial charge in [-0.2, -0.15) is 0 Å². The molecule has 0 saturated heterocycles. The maximum atomic E-state index is 12.2. The highest BCUT2D eigenvalue weighted by molar-refractivity contribution is 5.98. The molecule has 0 bridgehead atoms. The molecule has 0 unspecified atom stereocenters. The Labute approximate surface area is 141 Å². The van der Waals surface area contributed by atoms with Gasteiger partial charge in [-0.25, -0.2) is 9.59 Å². The van der Waals surface area contributed by atoms with Gasteiger partial charge in [0.05, 0.1) is 12.2 Å². The number of hydrogen-bond donors (Lipinski definition) is 2. The Morgan fingerprint density at radius 2 is 1.79 bits per heavy atom. The zero-order chi connectivity index (χ0) is 18.1. The molecule has 0 heterocycles. The lowest BCUT2D eigenvalue weighted by molar-refractivity contribution is -0.130. The fraction of sp³-hybridized carbons (Fsp3) is 0.471. The number of unbranched alkanes of at least 4 members (excludes halogenated alkanes) is 1. The van der Waals surface area contributed by atoms with Crippen LogP contribution in [0.5, 0.6) is 5.75 Å². The number of benzene rings is 1. The Morgan fingerprint density at radius 3 is 2.29 bits per heavy atom. The lowest BCUT2D eigenvalue weighted by Crippen LogP contribution is -2.45. The molecule has 0 radical (unpaired) electrons. The van der Waals surface area contributed by atoms with E-state index in [1.165, 1.54) is 0 Å². The first-order chi connectivity index (χ1) is 11.3. The van der Waals surface area contributed by atoms with Crippen molar-refractivity contribution in [1.82, 2.24) is 5.32 Å². The number of amides is 3. The molecule has 132 valence electrons. The number of rotatable bonds is 8. The number of imide groups is 1. The molecule has 24 heavy (non-hydrogen) atoms. The van der Waals surface area contributed by atoms with Crippen LogP contribution in [0.1, 0.15) is 44.0 Å². The first-order valence-electron chi connectivity index (χ1n) is 7.89. The van der Waals surface area contributed by atoms with Crippen molar-refractivity contribution in [2.45, 2.75) is 39.7 Å². The second-order valence-corrected chi connectivity index (χ2v) is 5.65. The molecule has 0 aliphatic rings. The van der Waals surface area contributed by atoms with Crippen LogP contribution in [0.2, 0.25) is 0 Å². The topological polar surface area (TPSA) is 108 Å². The largest absolute Gasteiger partial charge is 0.494 e. The minimum absolute atomic E-state index is 0.287. The highest BCUT2D eigenvalue weighted by Crippen LogP contribution is 2.16. The summed E-state index contributed by atoms with van der Waals surface area (Å²) in [7, 11) is 0. The summed E-state index contributed by atoms with van der Waals surface area (Å²) in [5.74, 6) is -1.06. The van der Waals surface area contributed by atoms with E-state index in [0.29, 0.717) is 12.4 Å².